The molecule has 0 fully saturated rings. The molecule has 0 amide bonds. The zero-order valence-corrected chi connectivity index (χ0v) is 14.2. The third kappa shape index (κ3) is 4.40. The van der Waals surface area contributed by atoms with Gasteiger partial charge in [-0.25, -0.2) is 8.42 Å². The van der Waals surface area contributed by atoms with Crippen molar-refractivity contribution in [1.29, 1.82) is 0 Å². The molecule has 1 heterocycles. The van der Waals surface area contributed by atoms with Gasteiger partial charge in [0.05, 0.1) is 4.90 Å². The third-order valence-electron chi connectivity index (χ3n) is 3.42. The van der Waals surface area contributed by atoms with E-state index in [0.717, 1.165) is 18.5 Å². The number of rotatable bonds is 6. The van der Waals surface area contributed by atoms with Gasteiger partial charge in [0.2, 0.25) is 0 Å². The summed E-state index contributed by atoms with van der Waals surface area (Å²) in [5.41, 5.74) is 1.08. The molecular weight excluding hydrogens is 302 g/mol. The molecule has 0 aliphatic carbocycles. The molecule has 5 heteroatoms. The van der Waals surface area contributed by atoms with Gasteiger partial charge >= 0.3 is 0 Å². The lowest BCUT2D eigenvalue weighted by atomic mass is 10.2. The third-order valence-corrected chi connectivity index (χ3v) is 5.96. The van der Waals surface area contributed by atoms with Crippen molar-refractivity contribution in [2.75, 3.05) is 6.26 Å². The van der Waals surface area contributed by atoms with Crippen LogP contribution in [0.5, 0.6) is 0 Å². The lowest BCUT2D eigenvalue weighted by Gasteiger charge is -2.12. The van der Waals surface area contributed by atoms with Crippen LogP contribution in [-0.2, 0) is 22.8 Å². The standard InChI is InChI=1S/C16H21NO2S2/c1-4-14-7-10-16(20-14)12(2)17-11-13-5-8-15(9-6-13)21(3,18)19/h5-10,12,17H,4,11H2,1-3H3. The molecule has 1 unspecified atom stereocenters. The first kappa shape index (κ1) is 16.2. The van der Waals surface area contributed by atoms with Crippen molar-refractivity contribution in [3.05, 3.63) is 51.7 Å². The van der Waals surface area contributed by atoms with Crippen molar-refractivity contribution in [2.45, 2.75) is 37.8 Å². The van der Waals surface area contributed by atoms with Crippen molar-refractivity contribution >= 4 is 21.2 Å². The van der Waals surface area contributed by atoms with Crippen molar-refractivity contribution < 1.29 is 8.42 Å². The predicted molar refractivity (Wildman–Crippen MR) is 88.5 cm³/mol. The van der Waals surface area contributed by atoms with Crippen molar-refractivity contribution in [1.82, 2.24) is 5.32 Å². The molecular formula is C16H21NO2S2. The lowest BCUT2D eigenvalue weighted by molar-refractivity contribution is 0.582. The highest BCUT2D eigenvalue weighted by Gasteiger charge is 2.09. The Morgan fingerprint density at radius 3 is 2.33 bits per heavy atom. The quantitative estimate of drug-likeness (QED) is 0.884. The van der Waals surface area contributed by atoms with Gasteiger partial charge in [0.25, 0.3) is 0 Å². The van der Waals surface area contributed by atoms with Crippen LogP contribution in [0.1, 0.15) is 35.2 Å². The minimum Gasteiger partial charge on any atom is -0.305 e. The normalized spacial score (nSPS) is 13.3. The number of hydrogen-bond donors (Lipinski definition) is 1. The van der Waals surface area contributed by atoms with Crippen LogP contribution in [0.3, 0.4) is 0 Å². The molecule has 0 saturated carbocycles. The highest BCUT2D eigenvalue weighted by atomic mass is 32.2. The van der Waals surface area contributed by atoms with Crippen LogP contribution in [0.4, 0.5) is 0 Å². The van der Waals surface area contributed by atoms with E-state index in [-0.39, 0.29) is 0 Å². The van der Waals surface area contributed by atoms with E-state index in [1.54, 1.807) is 12.1 Å². The highest BCUT2D eigenvalue weighted by molar-refractivity contribution is 7.90. The summed E-state index contributed by atoms with van der Waals surface area (Å²) in [4.78, 5) is 3.10. The summed E-state index contributed by atoms with van der Waals surface area (Å²) in [7, 11) is -3.11. The molecule has 0 bridgehead atoms. The van der Waals surface area contributed by atoms with Crippen LogP contribution in [0.2, 0.25) is 0 Å². The average molecular weight is 323 g/mol. The minimum atomic E-state index is -3.11. The second-order valence-corrected chi connectivity index (χ2v) is 8.39. The SMILES string of the molecule is CCc1ccc(C(C)NCc2ccc(S(C)(=O)=O)cc2)s1. The van der Waals surface area contributed by atoms with Gasteiger partial charge < -0.3 is 5.32 Å². The van der Waals surface area contributed by atoms with Gasteiger partial charge in [-0.3, -0.25) is 0 Å². The molecule has 21 heavy (non-hydrogen) atoms. The number of nitrogens with one attached hydrogen (secondary N) is 1. The van der Waals surface area contributed by atoms with Crippen LogP contribution < -0.4 is 5.32 Å². The molecule has 2 rings (SSSR count). The molecule has 0 aliphatic heterocycles. The summed E-state index contributed by atoms with van der Waals surface area (Å²) in [6, 6.07) is 11.7. The maximum atomic E-state index is 11.4. The molecule has 1 N–H and O–H groups in total. The van der Waals surface area contributed by atoms with E-state index in [0.29, 0.717) is 10.9 Å². The van der Waals surface area contributed by atoms with E-state index in [9.17, 15) is 8.42 Å². The van der Waals surface area contributed by atoms with Crippen LogP contribution in [0, 0.1) is 0 Å². The van der Waals surface area contributed by atoms with Crippen LogP contribution in [-0.4, -0.2) is 14.7 Å². The first-order chi connectivity index (χ1) is 9.90. The minimum absolute atomic E-state index is 0.296. The summed E-state index contributed by atoms with van der Waals surface area (Å²) >= 11 is 1.84. The summed E-state index contributed by atoms with van der Waals surface area (Å²) < 4.78 is 22.8. The summed E-state index contributed by atoms with van der Waals surface area (Å²) in [6.07, 6.45) is 2.30. The Balaban J connectivity index is 1.96. The Hall–Kier alpha value is -1.17. The number of hydrogen-bond acceptors (Lipinski definition) is 4. The molecule has 114 valence electrons. The fraction of sp³-hybridized carbons (Fsp3) is 0.375. The Morgan fingerprint density at radius 2 is 1.81 bits per heavy atom. The van der Waals surface area contributed by atoms with E-state index < -0.39 is 9.84 Å². The molecule has 2 aromatic rings. The van der Waals surface area contributed by atoms with E-state index in [1.807, 2.05) is 23.5 Å². The van der Waals surface area contributed by atoms with E-state index >= 15 is 0 Å². The van der Waals surface area contributed by atoms with Crippen LogP contribution in [0.25, 0.3) is 0 Å². The maximum absolute atomic E-state index is 11.4. The van der Waals surface area contributed by atoms with Crippen LogP contribution >= 0.6 is 11.3 Å². The molecule has 0 spiro atoms. The Labute approximate surface area is 130 Å². The molecule has 3 nitrogen and oxygen atoms in total. The van der Waals surface area contributed by atoms with E-state index in [2.05, 4.69) is 31.3 Å². The molecule has 0 aliphatic rings. The summed E-state index contributed by atoms with van der Waals surface area (Å²) in [5.74, 6) is 0. The zero-order valence-electron chi connectivity index (χ0n) is 12.6. The fourth-order valence-electron chi connectivity index (χ4n) is 2.04. The van der Waals surface area contributed by atoms with Crippen molar-refractivity contribution in [3.63, 3.8) is 0 Å². The predicted octanol–water partition coefficient (Wildman–Crippen LogP) is 3.56. The second-order valence-electron chi connectivity index (χ2n) is 5.18. The number of benzene rings is 1. The summed E-state index contributed by atoms with van der Waals surface area (Å²) in [6.45, 7) is 5.04. The van der Waals surface area contributed by atoms with Gasteiger partial charge in [0.15, 0.2) is 9.84 Å². The van der Waals surface area contributed by atoms with Gasteiger partial charge in [-0.1, -0.05) is 19.1 Å². The van der Waals surface area contributed by atoms with Gasteiger partial charge in [0.1, 0.15) is 0 Å². The number of thiophene rings is 1. The van der Waals surface area contributed by atoms with Gasteiger partial charge in [0, 0.05) is 28.6 Å². The highest BCUT2D eigenvalue weighted by Crippen LogP contribution is 2.23. The Morgan fingerprint density at radius 1 is 1.14 bits per heavy atom. The van der Waals surface area contributed by atoms with Crippen LogP contribution in [0.15, 0.2) is 41.3 Å². The molecule has 1 aromatic carbocycles. The van der Waals surface area contributed by atoms with Crippen molar-refractivity contribution in [3.8, 4) is 0 Å². The van der Waals surface area contributed by atoms with Gasteiger partial charge in [-0.15, -0.1) is 11.3 Å². The Kier molecular flexibility index (Phi) is 5.19. The molecule has 1 atom stereocenters. The summed E-state index contributed by atoms with van der Waals surface area (Å²) in [5, 5.41) is 3.47. The maximum Gasteiger partial charge on any atom is 0.175 e. The molecule has 0 saturated heterocycles. The topological polar surface area (TPSA) is 46.2 Å². The molecule has 1 aromatic heterocycles. The second kappa shape index (κ2) is 6.73. The van der Waals surface area contributed by atoms with Gasteiger partial charge in [-0.05, 0) is 43.2 Å². The first-order valence-corrected chi connectivity index (χ1v) is 9.72. The van der Waals surface area contributed by atoms with Crippen molar-refractivity contribution in [2.24, 2.45) is 0 Å². The van der Waals surface area contributed by atoms with E-state index in [4.69, 9.17) is 0 Å². The zero-order chi connectivity index (χ0) is 15.5. The van der Waals surface area contributed by atoms with Gasteiger partial charge in [-0.2, -0.15) is 0 Å². The average Bonchev–Trinajstić information content (AvgIpc) is 2.93. The van der Waals surface area contributed by atoms with E-state index in [1.165, 1.54) is 16.0 Å². The Bertz CT molecular complexity index is 687. The number of sulfone groups is 1. The fourth-order valence-corrected chi connectivity index (χ4v) is 3.65. The number of aryl methyl sites for hydroxylation is 1. The lowest BCUT2D eigenvalue weighted by Crippen LogP contribution is -2.17. The molecule has 0 radical (unpaired) electrons. The monoisotopic (exact) mass is 323 g/mol. The smallest absolute Gasteiger partial charge is 0.175 e. The first-order valence-electron chi connectivity index (χ1n) is 7.01. The largest absolute Gasteiger partial charge is 0.305 e.